The minimum absolute atomic E-state index is 0.0996. The van der Waals surface area contributed by atoms with Gasteiger partial charge in [-0.05, 0) is 18.2 Å². The Bertz CT molecular complexity index is 994. The number of halogens is 4. The molecular formula is C20H11F4NO2. The summed E-state index contributed by atoms with van der Waals surface area (Å²) >= 11 is 0. The SMILES string of the molecule is O=C(/C=C/c1ccccc1Oc1c(F)c(F)nc(F)c1F)c1ccccc1. The molecule has 1 aromatic heterocycles. The van der Waals surface area contributed by atoms with Gasteiger partial charge in [-0.2, -0.15) is 22.5 Å². The van der Waals surface area contributed by atoms with Crippen LogP contribution in [0, 0.1) is 23.5 Å². The quantitative estimate of drug-likeness (QED) is 0.263. The lowest BCUT2D eigenvalue weighted by Crippen LogP contribution is -2.03. The smallest absolute Gasteiger partial charge is 0.255 e. The Morgan fingerprint density at radius 1 is 0.852 bits per heavy atom. The van der Waals surface area contributed by atoms with E-state index >= 15 is 0 Å². The first-order valence-corrected chi connectivity index (χ1v) is 7.71. The fourth-order valence-corrected chi connectivity index (χ4v) is 2.24. The lowest BCUT2D eigenvalue weighted by molar-refractivity contribution is 0.104. The van der Waals surface area contributed by atoms with Gasteiger partial charge in [-0.1, -0.05) is 48.5 Å². The van der Waals surface area contributed by atoms with Gasteiger partial charge in [0.2, 0.25) is 17.4 Å². The van der Waals surface area contributed by atoms with Gasteiger partial charge in [-0.3, -0.25) is 4.79 Å². The summed E-state index contributed by atoms with van der Waals surface area (Å²) in [4.78, 5) is 14.6. The highest BCUT2D eigenvalue weighted by atomic mass is 19.2. The zero-order valence-electron chi connectivity index (χ0n) is 13.6. The number of carbonyl (C=O) groups excluding carboxylic acids is 1. The van der Waals surface area contributed by atoms with E-state index in [0.717, 1.165) is 0 Å². The van der Waals surface area contributed by atoms with Crippen molar-refractivity contribution >= 4 is 11.9 Å². The molecule has 136 valence electrons. The molecule has 3 nitrogen and oxygen atoms in total. The molecule has 7 heteroatoms. The van der Waals surface area contributed by atoms with E-state index in [1.807, 2.05) is 0 Å². The summed E-state index contributed by atoms with van der Waals surface area (Å²) < 4.78 is 59.0. The third-order valence-electron chi connectivity index (χ3n) is 3.56. The van der Waals surface area contributed by atoms with Crippen LogP contribution in [0.3, 0.4) is 0 Å². The number of rotatable bonds is 5. The maximum absolute atomic E-state index is 13.8. The highest BCUT2D eigenvalue weighted by Gasteiger charge is 2.23. The van der Waals surface area contributed by atoms with Crippen molar-refractivity contribution in [3.8, 4) is 11.5 Å². The summed E-state index contributed by atoms with van der Waals surface area (Å²) in [6.45, 7) is 0. The Kier molecular flexibility index (Phi) is 5.30. The maximum atomic E-state index is 13.8. The van der Waals surface area contributed by atoms with E-state index < -0.39 is 29.3 Å². The van der Waals surface area contributed by atoms with Gasteiger partial charge in [0, 0.05) is 11.1 Å². The zero-order valence-corrected chi connectivity index (χ0v) is 13.6. The Morgan fingerprint density at radius 2 is 1.44 bits per heavy atom. The number of hydrogen-bond acceptors (Lipinski definition) is 3. The standard InChI is InChI=1S/C20H11F4NO2/c21-16-18(17(22)20(24)25-19(16)23)27-15-9-5-4-8-13(15)10-11-14(26)12-6-2-1-3-7-12/h1-11H/b11-10+. The third kappa shape index (κ3) is 4.03. The second-order valence-electron chi connectivity index (χ2n) is 5.35. The number of ether oxygens (including phenoxy) is 1. The van der Waals surface area contributed by atoms with E-state index in [4.69, 9.17) is 4.74 Å². The molecular weight excluding hydrogens is 362 g/mol. The van der Waals surface area contributed by atoms with E-state index in [-0.39, 0.29) is 17.1 Å². The van der Waals surface area contributed by atoms with E-state index in [2.05, 4.69) is 4.98 Å². The van der Waals surface area contributed by atoms with Crippen LogP contribution in [0.4, 0.5) is 17.6 Å². The molecule has 0 amide bonds. The second kappa shape index (κ2) is 7.82. The van der Waals surface area contributed by atoms with Gasteiger partial charge in [-0.15, -0.1) is 0 Å². The first-order chi connectivity index (χ1) is 13.0. The van der Waals surface area contributed by atoms with E-state index in [1.54, 1.807) is 36.4 Å². The highest BCUT2D eigenvalue weighted by Crippen LogP contribution is 2.32. The molecule has 0 N–H and O–H groups in total. The number of para-hydroxylation sites is 1. The van der Waals surface area contributed by atoms with Crippen molar-refractivity contribution in [2.24, 2.45) is 0 Å². The highest BCUT2D eigenvalue weighted by molar-refractivity contribution is 6.06. The molecule has 0 radical (unpaired) electrons. The third-order valence-corrected chi connectivity index (χ3v) is 3.56. The average Bonchev–Trinajstić information content (AvgIpc) is 2.69. The van der Waals surface area contributed by atoms with Gasteiger partial charge in [0.25, 0.3) is 11.9 Å². The van der Waals surface area contributed by atoms with Gasteiger partial charge in [0.05, 0.1) is 0 Å². The summed E-state index contributed by atoms with van der Waals surface area (Å²) in [7, 11) is 0. The molecule has 3 aromatic rings. The van der Waals surface area contributed by atoms with Gasteiger partial charge in [0.1, 0.15) is 5.75 Å². The molecule has 0 spiro atoms. The fraction of sp³-hybridized carbons (Fsp3) is 0. The van der Waals surface area contributed by atoms with E-state index in [0.29, 0.717) is 5.56 Å². The van der Waals surface area contributed by atoms with Crippen LogP contribution in [0.15, 0.2) is 60.7 Å². The van der Waals surface area contributed by atoms with Crippen LogP contribution >= 0.6 is 0 Å². The number of aromatic nitrogens is 1. The topological polar surface area (TPSA) is 39.2 Å². The van der Waals surface area contributed by atoms with E-state index in [9.17, 15) is 22.4 Å². The van der Waals surface area contributed by atoms with Crippen LogP contribution < -0.4 is 4.74 Å². The number of nitrogens with zero attached hydrogens (tertiary/aromatic N) is 1. The normalized spacial score (nSPS) is 11.0. The summed E-state index contributed by atoms with van der Waals surface area (Å²) in [5.41, 5.74) is 0.723. The van der Waals surface area contributed by atoms with Crippen molar-refractivity contribution in [1.82, 2.24) is 4.98 Å². The zero-order chi connectivity index (χ0) is 19.4. The lowest BCUT2D eigenvalue weighted by Gasteiger charge is -2.10. The van der Waals surface area contributed by atoms with Crippen molar-refractivity contribution in [1.29, 1.82) is 0 Å². The number of allylic oxidation sites excluding steroid dienone is 1. The molecule has 0 aliphatic rings. The average molecular weight is 373 g/mol. The molecule has 0 unspecified atom stereocenters. The Hall–Kier alpha value is -3.48. The molecule has 0 saturated heterocycles. The van der Waals surface area contributed by atoms with E-state index in [1.165, 1.54) is 30.4 Å². The van der Waals surface area contributed by atoms with Crippen LogP contribution in [0.1, 0.15) is 15.9 Å². The molecule has 3 rings (SSSR count). The molecule has 0 bridgehead atoms. The maximum Gasteiger partial charge on any atom is 0.255 e. The van der Waals surface area contributed by atoms with Gasteiger partial charge in [-0.25, -0.2) is 0 Å². The molecule has 0 aliphatic heterocycles. The Balaban J connectivity index is 1.92. The fourth-order valence-electron chi connectivity index (χ4n) is 2.24. The van der Waals surface area contributed by atoms with Crippen LogP contribution in [0.25, 0.3) is 6.08 Å². The Morgan fingerprint density at radius 3 is 2.11 bits per heavy atom. The first-order valence-electron chi connectivity index (χ1n) is 7.71. The van der Waals surface area contributed by atoms with Crippen molar-refractivity contribution in [3.63, 3.8) is 0 Å². The molecule has 27 heavy (non-hydrogen) atoms. The molecule has 0 fully saturated rings. The van der Waals surface area contributed by atoms with Crippen molar-refractivity contribution in [2.75, 3.05) is 0 Å². The molecule has 0 saturated carbocycles. The molecule has 0 aliphatic carbocycles. The monoisotopic (exact) mass is 373 g/mol. The number of carbonyl (C=O) groups is 1. The summed E-state index contributed by atoms with van der Waals surface area (Å²) in [6, 6.07) is 14.4. The van der Waals surface area contributed by atoms with Crippen LogP contribution in [0.5, 0.6) is 11.5 Å². The van der Waals surface area contributed by atoms with Gasteiger partial charge >= 0.3 is 0 Å². The van der Waals surface area contributed by atoms with Gasteiger partial charge in [0.15, 0.2) is 5.78 Å². The Labute approximate surface area is 151 Å². The van der Waals surface area contributed by atoms with Crippen LogP contribution in [-0.4, -0.2) is 10.8 Å². The number of pyridine rings is 1. The number of benzene rings is 2. The van der Waals surface area contributed by atoms with Crippen LogP contribution in [-0.2, 0) is 0 Å². The minimum Gasteiger partial charge on any atom is -0.450 e. The number of hydrogen-bond donors (Lipinski definition) is 0. The van der Waals surface area contributed by atoms with Crippen molar-refractivity contribution in [3.05, 3.63) is 95.3 Å². The molecule has 1 heterocycles. The van der Waals surface area contributed by atoms with Gasteiger partial charge < -0.3 is 4.74 Å². The molecule has 2 aromatic carbocycles. The summed E-state index contributed by atoms with van der Waals surface area (Å²) in [5, 5.41) is 0. The van der Waals surface area contributed by atoms with Crippen molar-refractivity contribution < 1.29 is 27.1 Å². The summed E-state index contributed by atoms with van der Waals surface area (Å²) in [6.07, 6.45) is 2.62. The predicted octanol–water partition coefficient (Wildman–Crippen LogP) is 5.33. The first kappa shape index (κ1) is 18.3. The predicted molar refractivity (Wildman–Crippen MR) is 90.4 cm³/mol. The largest absolute Gasteiger partial charge is 0.450 e. The molecule has 0 atom stereocenters. The van der Waals surface area contributed by atoms with Crippen molar-refractivity contribution in [2.45, 2.75) is 0 Å². The number of ketones is 1. The van der Waals surface area contributed by atoms with Crippen LogP contribution in [0.2, 0.25) is 0 Å². The lowest BCUT2D eigenvalue weighted by atomic mass is 10.1. The summed E-state index contributed by atoms with van der Waals surface area (Å²) in [5.74, 6) is -8.81. The minimum atomic E-state index is -1.82. The second-order valence-corrected chi connectivity index (χ2v) is 5.35.